The maximum Gasteiger partial charge on any atom is 0.270 e. The summed E-state index contributed by atoms with van der Waals surface area (Å²) in [5.74, 6) is 0. The normalized spacial score (nSPS) is 23.2. The first-order valence-corrected chi connectivity index (χ1v) is 6.14. The van der Waals surface area contributed by atoms with Crippen molar-refractivity contribution in [1.29, 1.82) is 0 Å². The third-order valence-corrected chi connectivity index (χ3v) is 3.27. The fourth-order valence-electron chi connectivity index (χ4n) is 2.25. The van der Waals surface area contributed by atoms with Crippen LogP contribution < -0.4 is 4.90 Å². The molecule has 2 atom stereocenters. The van der Waals surface area contributed by atoms with Crippen LogP contribution >= 0.6 is 0 Å². The number of hydrogen-bond acceptors (Lipinski definition) is 5. The molecule has 1 aliphatic heterocycles. The number of aldehydes is 1. The second-order valence-electron chi connectivity index (χ2n) is 4.76. The Hall–Kier alpha value is -1.95. The standard InChI is InChI=1S/C13H16N2O4/c1-9-8-19-10(2)6-14(9)13-4-3-12(15(17)18)5-11(13)7-16/h3-5,7,9-10H,6,8H2,1-2H3. The zero-order chi connectivity index (χ0) is 14.0. The second-order valence-corrected chi connectivity index (χ2v) is 4.76. The number of non-ortho nitro benzene ring substituents is 1. The molecule has 6 heteroatoms. The number of rotatable bonds is 3. The van der Waals surface area contributed by atoms with Crippen molar-refractivity contribution in [3.05, 3.63) is 33.9 Å². The SMILES string of the molecule is CC1CN(c2ccc([N+](=O)[O-])cc2C=O)C(C)CO1. The van der Waals surface area contributed by atoms with E-state index in [1.54, 1.807) is 6.07 Å². The molecule has 1 saturated heterocycles. The minimum atomic E-state index is -0.498. The van der Waals surface area contributed by atoms with Crippen LogP contribution in [0.15, 0.2) is 18.2 Å². The van der Waals surface area contributed by atoms with E-state index in [4.69, 9.17) is 4.74 Å². The van der Waals surface area contributed by atoms with Gasteiger partial charge in [-0.3, -0.25) is 14.9 Å². The van der Waals surface area contributed by atoms with Gasteiger partial charge < -0.3 is 9.64 Å². The van der Waals surface area contributed by atoms with Crippen LogP contribution in [0.3, 0.4) is 0 Å². The first-order chi connectivity index (χ1) is 9.02. The summed E-state index contributed by atoms with van der Waals surface area (Å²) in [6, 6.07) is 4.51. The summed E-state index contributed by atoms with van der Waals surface area (Å²) in [6.45, 7) is 5.21. The molecule has 0 saturated carbocycles. The Morgan fingerprint density at radius 1 is 1.47 bits per heavy atom. The van der Waals surface area contributed by atoms with Gasteiger partial charge >= 0.3 is 0 Å². The van der Waals surface area contributed by atoms with E-state index in [2.05, 4.69) is 4.90 Å². The predicted octanol–water partition coefficient (Wildman–Crippen LogP) is 2.02. The highest BCUT2D eigenvalue weighted by molar-refractivity contribution is 5.86. The van der Waals surface area contributed by atoms with Gasteiger partial charge in [0.25, 0.3) is 5.69 Å². The van der Waals surface area contributed by atoms with Crippen molar-refractivity contribution in [3.8, 4) is 0 Å². The lowest BCUT2D eigenvalue weighted by atomic mass is 10.1. The average Bonchev–Trinajstić information content (AvgIpc) is 2.40. The lowest BCUT2D eigenvalue weighted by Gasteiger charge is -2.39. The molecule has 0 spiro atoms. The molecule has 0 amide bonds. The molecule has 2 rings (SSSR count). The highest BCUT2D eigenvalue weighted by Crippen LogP contribution is 2.28. The summed E-state index contributed by atoms with van der Waals surface area (Å²) in [7, 11) is 0. The van der Waals surface area contributed by atoms with Crippen molar-refractivity contribution in [3.63, 3.8) is 0 Å². The van der Waals surface area contributed by atoms with Crippen LogP contribution in [-0.4, -0.2) is 36.5 Å². The summed E-state index contributed by atoms with van der Waals surface area (Å²) < 4.78 is 5.54. The molecule has 6 nitrogen and oxygen atoms in total. The molecule has 0 bridgehead atoms. The zero-order valence-corrected chi connectivity index (χ0v) is 10.9. The Morgan fingerprint density at radius 3 is 2.84 bits per heavy atom. The third kappa shape index (κ3) is 2.73. The number of nitro groups is 1. The third-order valence-electron chi connectivity index (χ3n) is 3.27. The van der Waals surface area contributed by atoms with Crippen molar-refractivity contribution in [2.45, 2.75) is 26.0 Å². The molecule has 0 N–H and O–H groups in total. The van der Waals surface area contributed by atoms with Gasteiger partial charge in [0.1, 0.15) is 0 Å². The minimum absolute atomic E-state index is 0.0696. The molecule has 1 heterocycles. The van der Waals surface area contributed by atoms with Crippen molar-refractivity contribution < 1.29 is 14.5 Å². The van der Waals surface area contributed by atoms with Gasteiger partial charge in [0, 0.05) is 36.0 Å². The highest BCUT2D eigenvalue weighted by Gasteiger charge is 2.26. The van der Waals surface area contributed by atoms with Crippen LogP contribution in [0.4, 0.5) is 11.4 Å². The fourth-order valence-corrected chi connectivity index (χ4v) is 2.25. The molecule has 0 radical (unpaired) electrons. The summed E-state index contributed by atoms with van der Waals surface area (Å²) in [5, 5.41) is 10.7. The van der Waals surface area contributed by atoms with E-state index in [0.717, 1.165) is 5.69 Å². The van der Waals surface area contributed by atoms with Gasteiger partial charge in [-0.05, 0) is 19.9 Å². The van der Waals surface area contributed by atoms with Crippen molar-refractivity contribution in [2.24, 2.45) is 0 Å². The quantitative estimate of drug-likeness (QED) is 0.474. The minimum Gasteiger partial charge on any atom is -0.375 e. The van der Waals surface area contributed by atoms with E-state index in [-0.39, 0.29) is 17.8 Å². The molecule has 1 aliphatic rings. The Labute approximate surface area is 111 Å². The number of nitro benzene ring substituents is 1. The van der Waals surface area contributed by atoms with Gasteiger partial charge in [-0.25, -0.2) is 0 Å². The smallest absolute Gasteiger partial charge is 0.270 e. The molecule has 0 aromatic heterocycles. The molecular formula is C13H16N2O4. The Morgan fingerprint density at radius 2 is 2.21 bits per heavy atom. The van der Waals surface area contributed by atoms with E-state index in [1.807, 2.05) is 13.8 Å². The number of benzene rings is 1. The summed E-state index contributed by atoms with van der Waals surface area (Å²) in [6.07, 6.45) is 0.737. The Bertz CT molecular complexity index is 503. The summed E-state index contributed by atoms with van der Waals surface area (Å²) in [4.78, 5) is 23.4. The van der Waals surface area contributed by atoms with E-state index >= 15 is 0 Å². The van der Waals surface area contributed by atoms with Gasteiger partial charge in [0.05, 0.1) is 17.6 Å². The number of carbonyl (C=O) groups is 1. The van der Waals surface area contributed by atoms with E-state index in [1.165, 1.54) is 12.1 Å². The highest BCUT2D eigenvalue weighted by atomic mass is 16.6. The van der Waals surface area contributed by atoms with Crippen LogP contribution in [0, 0.1) is 10.1 Å². The first-order valence-electron chi connectivity index (χ1n) is 6.14. The average molecular weight is 264 g/mol. The van der Waals surface area contributed by atoms with Crippen LogP contribution in [0.25, 0.3) is 0 Å². The molecular weight excluding hydrogens is 248 g/mol. The zero-order valence-electron chi connectivity index (χ0n) is 10.9. The summed E-state index contributed by atoms with van der Waals surface area (Å²) in [5.41, 5.74) is 0.998. The van der Waals surface area contributed by atoms with Gasteiger partial charge in [0.2, 0.25) is 0 Å². The number of anilines is 1. The number of carbonyl (C=O) groups excluding carboxylic acids is 1. The van der Waals surface area contributed by atoms with Gasteiger partial charge in [-0.15, -0.1) is 0 Å². The lowest BCUT2D eigenvalue weighted by molar-refractivity contribution is -0.384. The molecule has 1 fully saturated rings. The van der Waals surface area contributed by atoms with E-state index in [0.29, 0.717) is 25.0 Å². The van der Waals surface area contributed by atoms with Crippen LogP contribution in [0.5, 0.6) is 0 Å². The molecule has 102 valence electrons. The van der Waals surface area contributed by atoms with E-state index in [9.17, 15) is 14.9 Å². The monoisotopic (exact) mass is 264 g/mol. The molecule has 19 heavy (non-hydrogen) atoms. The molecule has 2 unspecified atom stereocenters. The fraction of sp³-hybridized carbons (Fsp3) is 0.462. The van der Waals surface area contributed by atoms with Crippen molar-refractivity contribution >= 4 is 17.7 Å². The van der Waals surface area contributed by atoms with Crippen LogP contribution in [0.2, 0.25) is 0 Å². The summed E-state index contributed by atoms with van der Waals surface area (Å²) >= 11 is 0. The topological polar surface area (TPSA) is 72.7 Å². The van der Waals surface area contributed by atoms with Gasteiger partial charge in [0.15, 0.2) is 6.29 Å². The lowest BCUT2D eigenvalue weighted by Crippen LogP contribution is -2.47. The van der Waals surface area contributed by atoms with Crippen molar-refractivity contribution in [2.75, 3.05) is 18.1 Å². The molecule has 1 aromatic carbocycles. The largest absolute Gasteiger partial charge is 0.375 e. The Kier molecular flexibility index (Phi) is 3.80. The van der Waals surface area contributed by atoms with E-state index < -0.39 is 4.92 Å². The van der Waals surface area contributed by atoms with Gasteiger partial charge in [-0.2, -0.15) is 0 Å². The maximum absolute atomic E-state index is 11.2. The molecule has 0 aliphatic carbocycles. The Balaban J connectivity index is 2.38. The number of ether oxygens (including phenoxy) is 1. The van der Waals surface area contributed by atoms with Gasteiger partial charge in [-0.1, -0.05) is 0 Å². The van der Waals surface area contributed by atoms with Crippen LogP contribution in [0.1, 0.15) is 24.2 Å². The van der Waals surface area contributed by atoms with Crippen LogP contribution in [-0.2, 0) is 4.74 Å². The number of morpholine rings is 1. The number of hydrogen-bond donors (Lipinski definition) is 0. The molecule has 1 aromatic rings. The maximum atomic E-state index is 11.2. The predicted molar refractivity (Wildman–Crippen MR) is 70.7 cm³/mol. The number of nitrogens with zero attached hydrogens (tertiary/aromatic N) is 2. The second kappa shape index (κ2) is 5.36. The first kappa shape index (κ1) is 13.5. The van der Waals surface area contributed by atoms with Crippen molar-refractivity contribution in [1.82, 2.24) is 0 Å².